The van der Waals surface area contributed by atoms with Crippen molar-refractivity contribution in [2.24, 2.45) is 0 Å². The number of aryl methyl sites for hydroxylation is 1. The number of benzene rings is 1. The highest BCUT2D eigenvalue weighted by molar-refractivity contribution is 9.10. The van der Waals surface area contributed by atoms with Gasteiger partial charge in [0.1, 0.15) is 5.82 Å². The number of allylic oxidation sites excluding steroid dienone is 1. The summed E-state index contributed by atoms with van der Waals surface area (Å²) < 4.78 is 2.30. The van der Waals surface area contributed by atoms with E-state index < -0.39 is 4.92 Å². The lowest BCUT2D eigenvalue weighted by molar-refractivity contribution is -0.384. The van der Waals surface area contributed by atoms with Crippen LogP contribution in [0.1, 0.15) is 5.82 Å². The minimum absolute atomic E-state index is 0.0535. The molecule has 0 radical (unpaired) electrons. The van der Waals surface area contributed by atoms with Gasteiger partial charge in [-0.3, -0.25) is 14.9 Å². The molecule has 0 atom stereocenters. The molecule has 0 aliphatic rings. The van der Waals surface area contributed by atoms with Gasteiger partial charge in [-0.05, 0) is 28.9 Å². The topological polar surface area (TPSA) is 103 Å². The summed E-state index contributed by atoms with van der Waals surface area (Å²) in [4.78, 5) is 22.3. The molecule has 0 saturated carbocycles. The molecule has 2 rings (SSSR count). The predicted molar refractivity (Wildman–Crippen MR) is 95.1 cm³/mol. The number of nitro groups is 1. The maximum atomic E-state index is 12.1. The number of amides is 1. The molecule has 1 amide bonds. The molecule has 24 heavy (non-hydrogen) atoms. The summed E-state index contributed by atoms with van der Waals surface area (Å²) in [5.74, 6) is 0.634. The van der Waals surface area contributed by atoms with Crippen LogP contribution < -0.4 is 5.32 Å². The van der Waals surface area contributed by atoms with Crippen molar-refractivity contribution in [2.75, 3.05) is 11.1 Å². The number of halogens is 1. The molecule has 0 unspecified atom stereocenters. The highest BCUT2D eigenvalue weighted by Gasteiger charge is 2.13. The first-order valence-electron chi connectivity index (χ1n) is 6.79. The van der Waals surface area contributed by atoms with Gasteiger partial charge < -0.3 is 9.88 Å². The van der Waals surface area contributed by atoms with E-state index in [0.29, 0.717) is 21.9 Å². The number of aromatic nitrogens is 3. The maximum Gasteiger partial charge on any atom is 0.270 e. The number of nitrogens with one attached hydrogen (secondary N) is 1. The molecule has 1 heterocycles. The predicted octanol–water partition coefficient (Wildman–Crippen LogP) is 3.17. The molecule has 0 saturated heterocycles. The van der Waals surface area contributed by atoms with Crippen LogP contribution in [0.25, 0.3) is 0 Å². The second-order valence-corrected chi connectivity index (χ2v) is 6.48. The number of carbonyl (C=O) groups is 1. The van der Waals surface area contributed by atoms with E-state index in [1.54, 1.807) is 6.08 Å². The van der Waals surface area contributed by atoms with Crippen molar-refractivity contribution in [1.82, 2.24) is 14.8 Å². The van der Waals surface area contributed by atoms with Gasteiger partial charge in [-0.1, -0.05) is 17.8 Å². The zero-order valence-electron chi connectivity index (χ0n) is 12.7. The van der Waals surface area contributed by atoms with E-state index in [1.165, 1.54) is 30.0 Å². The lowest BCUT2D eigenvalue weighted by Gasteiger charge is -2.08. The largest absolute Gasteiger partial charge is 0.324 e. The molecule has 0 bridgehead atoms. The van der Waals surface area contributed by atoms with E-state index in [2.05, 4.69) is 38.0 Å². The van der Waals surface area contributed by atoms with Crippen molar-refractivity contribution < 1.29 is 9.72 Å². The minimum Gasteiger partial charge on any atom is -0.324 e. The highest BCUT2D eigenvalue weighted by atomic mass is 79.9. The SMILES string of the molecule is C=CCn1c(C)nnc1SCC(=O)Nc1ccc([N+](=O)[O-])cc1Br. The molecule has 10 heteroatoms. The third-order valence-electron chi connectivity index (χ3n) is 2.98. The lowest BCUT2D eigenvalue weighted by atomic mass is 10.3. The summed E-state index contributed by atoms with van der Waals surface area (Å²) in [5, 5.41) is 22.0. The van der Waals surface area contributed by atoms with Gasteiger partial charge in [-0.2, -0.15) is 0 Å². The van der Waals surface area contributed by atoms with Crippen LogP contribution in [0.2, 0.25) is 0 Å². The fourth-order valence-corrected chi connectivity index (χ4v) is 3.10. The van der Waals surface area contributed by atoms with E-state index in [4.69, 9.17) is 0 Å². The first-order valence-corrected chi connectivity index (χ1v) is 8.57. The molecular weight excluding hydrogens is 398 g/mol. The Morgan fingerprint density at radius 2 is 2.29 bits per heavy atom. The van der Waals surface area contributed by atoms with Crippen molar-refractivity contribution in [2.45, 2.75) is 18.6 Å². The van der Waals surface area contributed by atoms with Crippen LogP contribution in [-0.4, -0.2) is 31.3 Å². The van der Waals surface area contributed by atoms with Crippen molar-refractivity contribution in [3.8, 4) is 0 Å². The second-order valence-electron chi connectivity index (χ2n) is 4.69. The second kappa shape index (κ2) is 8.06. The zero-order chi connectivity index (χ0) is 17.7. The zero-order valence-corrected chi connectivity index (χ0v) is 15.1. The van der Waals surface area contributed by atoms with Crippen molar-refractivity contribution in [1.29, 1.82) is 0 Å². The first kappa shape index (κ1) is 18.1. The summed E-state index contributed by atoms with van der Waals surface area (Å²) in [5.41, 5.74) is 0.414. The molecule has 1 N–H and O–H groups in total. The van der Waals surface area contributed by atoms with Crippen molar-refractivity contribution >= 4 is 45.0 Å². The van der Waals surface area contributed by atoms with Crippen LogP contribution in [0.4, 0.5) is 11.4 Å². The molecule has 8 nitrogen and oxygen atoms in total. The van der Waals surface area contributed by atoms with E-state index in [-0.39, 0.29) is 17.3 Å². The Hall–Kier alpha value is -2.20. The molecule has 1 aromatic heterocycles. The standard InChI is InChI=1S/C14H14BrN5O3S/c1-3-6-19-9(2)17-18-14(19)24-8-13(21)16-12-5-4-10(20(22)23)7-11(12)15/h3-5,7H,1,6,8H2,2H3,(H,16,21). The van der Waals surface area contributed by atoms with Gasteiger partial charge in [0.15, 0.2) is 5.16 Å². The minimum atomic E-state index is -0.499. The Labute approximate surface area is 150 Å². The number of nitro benzene ring substituents is 1. The molecular formula is C14H14BrN5O3S. The molecule has 0 aliphatic heterocycles. The van der Waals surface area contributed by atoms with Crippen molar-refractivity contribution in [3.05, 3.63) is 51.3 Å². The first-order chi connectivity index (χ1) is 11.4. The van der Waals surface area contributed by atoms with Gasteiger partial charge >= 0.3 is 0 Å². The number of anilines is 1. The Morgan fingerprint density at radius 3 is 2.92 bits per heavy atom. The number of hydrogen-bond acceptors (Lipinski definition) is 6. The molecule has 2 aromatic rings. The van der Waals surface area contributed by atoms with Crippen LogP contribution in [0, 0.1) is 17.0 Å². The van der Waals surface area contributed by atoms with E-state index >= 15 is 0 Å². The maximum absolute atomic E-state index is 12.1. The number of rotatable bonds is 7. The Morgan fingerprint density at radius 1 is 1.54 bits per heavy atom. The Kier molecular flexibility index (Phi) is 6.10. The number of non-ortho nitro benzene ring substituents is 1. The van der Waals surface area contributed by atoms with Gasteiger partial charge in [0, 0.05) is 23.2 Å². The molecule has 0 fully saturated rings. The molecule has 126 valence electrons. The third-order valence-corrected chi connectivity index (χ3v) is 4.61. The van der Waals surface area contributed by atoms with Gasteiger partial charge in [0.05, 0.1) is 16.4 Å². The number of hydrogen-bond donors (Lipinski definition) is 1. The number of thioether (sulfide) groups is 1. The summed E-state index contributed by atoms with van der Waals surface area (Å²) >= 11 is 4.47. The van der Waals surface area contributed by atoms with E-state index in [1.807, 2.05) is 11.5 Å². The quantitative estimate of drug-likeness (QED) is 0.324. The average Bonchev–Trinajstić information content (AvgIpc) is 2.88. The van der Waals surface area contributed by atoms with E-state index in [0.717, 1.165) is 5.82 Å². The van der Waals surface area contributed by atoms with Crippen molar-refractivity contribution in [3.63, 3.8) is 0 Å². The van der Waals surface area contributed by atoms with Gasteiger partial charge in [-0.25, -0.2) is 0 Å². The van der Waals surface area contributed by atoms with Gasteiger partial charge in [0.2, 0.25) is 5.91 Å². The smallest absolute Gasteiger partial charge is 0.270 e. The Balaban J connectivity index is 1.99. The Bertz CT molecular complexity index is 793. The van der Waals surface area contributed by atoms with Crippen LogP contribution >= 0.6 is 27.7 Å². The summed E-state index contributed by atoms with van der Waals surface area (Å²) in [6.45, 7) is 6.07. The number of nitrogens with zero attached hydrogens (tertiary/aromatic N) is 4. The highest BCUT2D eigenvalue weighted by Crippen LogP contribution is 2.27. The van der Waals surface area contributed by atoms with Crippen LogP contribution in [-0.2, 0) is 11.3 Å². The summed E-state index contributed by atoms with van der Waals surface area (Å²) in [6.07, 6.45) is 1.73. The fourth-order valence-electron chi connectivity index (χ4n) is 1.84. The van der Waals surface area contributed by atoms with Gasteiger partial charge in [0.25, 0.3) is 5.69 Å². The summed E-state index contributed by atoms with van der Waals surface area (Å²) in [6, 6.07) is 4.15. The molecule has 0 aliphatic carbocycles. The summed E-state index contributed by atoms with van der Waals surface area (Å²) in [7, 11) is 0. The normalized spacial score (nSPS) is 10.4. The average molecular weight is 412 g/mol. The molecule has 1 aromatic carbocycles. The van der Waals surface area contributed by atoms with Crippen LogP contribution in [0.3, 0.4) is 0 Å². The van der Waals surface area contributed by atoms with Crippen LogP contribution in [0.5, 0.6) is 0 Å². The van der Waals surface area contributed by atoms with Crippen LogP contribution in [0.15, 0.2) is 40.5 Å². The van der Waals surface area contributed by atoms with E-state index in [9.17, 15) is 14.9 Å². The fraction of sp³-hybridized carbons (Fsp3) is 0.214. The molecule has 0 spiro atoms. The number of carbonyl (C=O) groups excluding carboxylic acids is 1. The third kappa shape index (κ3) is 4.42. The lowest BCUT2D eigenvalue weighted by Crippen LogP contribution is -2.15. The van der Waals surface area contributed by atoms with Gasteiger partial charge in [-0.15, -0.1) is 16.8 Å². The monoisotopic (exact) mass is 411 g/mol.